The number of aromatic nitrogens is 2. The van der Waals surface area contributed by atoms with Crippen molar-refractivity contribution in [3.05, 3.63) is 26.7 Å². The van der Waals surface area contributed by atoms with E-state index in [1.165, 1.54) is 11.3 Å². The van der Waals surface area contributed by atoms with Gasteiger partial charge in [-0.3, -0.25) is 9.69 Å². The van der Waals surface area contributed by atoms with Gasteiger partial charge in [-0.25, -0.2) is 9.97 Å². The second kappa shape index (κ2) is 7.14. The van der Waals surface area contributed by atoms with Crippen molar-refractivity contribution in [2.45, 2.75) is 39.0 Å². The Kier molecular flexibility index (Phi) is 5.14. The molecule has 4 N–H and O–H groups in total. The summed E-state index contributed by atoms with van der Waals surface area (Å²) >= 11 is 2.80. The number of nitrogen functional groups attached to an aromatic ring is 1. The molecule has 2 aromatic heterocycles. The molecule has 0 bridgehead atoms. The van der Waals surface area contributed by atoms with Gasteiger partial charge >= 0.3 is 0 Å². The molecule has 1 aliphatic rings. The number of rotatable bonds is 4. The fourth-order valence-corrected chi connectivity index (χ4v) is 4.22. The zero-order chi connectivity index (χ0) is 17.3. The molecule has 1 saturated heterocycles. The van der Waals surface area contributed by atoms with E-state index in [4.69, 9.17) is 5.73 Å². The molecular formula is C15H21N5O2S2. The number of β-amino-alcohol motifs (C(OH)–C–C–N with tert-alkyl or cyclic N) is 1. The van der Waals surface area contributed by atoms with Crippen LogP contribution in [0.25, 0.3) is 0 Å². The summed E-state index contributed by atoms with van der Waals surface area (Å²) in [6.07, 6.45) is 0.0941. The third-order valence-corrected chi connectivity index (χ3v) is 5.86. The number of hydrogen-bond acceptors (Lipinski definition) is 8. The number of likely N-dealkylation sites (tertiary alicyclic amines) is 1. The number of carbonyl (C=O) groups excluding carboxylic acids is 1. The molecule has 24 heavy (non-hydrogen) atoms. The normalized spacial score (nSPS) is 21.8. The van der Waals surface area contributed by atoms with Crippen LogP contribution in [0.5, 0.6) is 0 Å². The SMILES string of the molecule is Cc1nc(CN2CC[C@@H](NC(=O)c3sc(N)nc3C)[C@H](O)C2)cs1. The monoisotopic (exact) mass is 367 g/mol. The molecule has 0 aliphatic carbocycles. The largest absolute Gasteiger partial charge is 0.390 e. The third kappa shape index (κ3) is 3.92. The van der Waals surface area contributed by atoms with Crippen LogP contribution in [0.2, 0.25) is 0 Å². The number of aryl methyl sites for hydroxylation is 2. The van der Waals surface area contributed by atoms with Gasteiger partial charge in [0.1, 0.15) is 4.88 Å². The lowest BCUT2D eigenvalue weighted by Crippen LogP contribution is -2.53. The van der Waals surface area contributed by atoms with Crippen LogP contribution in [0.1, 0.15) is 32.5 Å². The van der Waals surface area contributed by atoms with E-state index in [9.17, 15) is 9.90 Å². The summed E-state index contributed by atoms with van der Waals surface area (Å²) in [5.41, 5.74) is 7.29. The topological polar surface area (TPSA) is 104 Å². The number of nitrogens with one attached hydrogen (secondary N) is 1. The minimum absolute atomic E-state index is 0.214. The molecule has 2 atom stereocenters. The first-order valence-corrected chi connectivity index (χ1v) is 9.47. The number of anilines is 1. The summed E-state index contributed by atoms with van der Waals surface area (Å²) in [5.74, 6) is -0.214. The highest BCUT2D eigenvalue weighted by atomic mass is 32.1. The van der Waals surface area contributed by atoms with Crippen LogP contribution in [0.3, 0.4) is 0 Å². The molecule has 3 rings (SSSR count). The molecule has 0 aromatic carbocycles. The zero-order valence-electron chi connectivity index (χ0n) is 13.7. The maximum atomic E-state index is 12.3. The number of nitrogens with two attached hydrogens (primary N) is 1. The van der Waals surface area contributed by atoms with Gasteiger partial charge in [-0.15, -0.1) is 11.3 Å². The summed E-state index contributed by atoms with van der Waals surface area (Å²) < 4.78 is 0. The van der Waals surface area contributed by atoms with Crippen molar-refractivity contribution in [1.82, 2.24) is 20.2 Å². The Morgan fingerprint density at radius 1 is 1.50 bits per heavy atom. The first kappa shape index (κ1) is 17.3. The van der Waals surface area contributed by atoms with Gasteiger partial charge in [-0.1, -0.05) is 11.3 Å². The van der Waals surface area contributed by atoms with Crippen LogP contribution in [0.15, 0.2) is 5.38 Å². The summed E-state index contributed by atoms with van der Waals surface area (Å²) in [7, 11) is 0. The minimum atomic E-state index is -0.604. The van der Waals surface area contributed by atoms with E-state index >= 15 is 0 Å². The number of hydrogen-bond donors (Lipinski definition) is 3. The van der Waals surface area contributed by atoms with E-state index < -0.39 is 6.10 Å². The third-order valence-electron chi connectivity index (χ3n) is 4.05. The average Bonchev–Trinajstić information content (AvgIpc) is 3.07. The first-order chi connectivity index (χ1) is 11.4. The summed E-state index contributed by atoms with van der Waals surface area (Å²) in [4.78, 5) is 23.5. The molecule has 1 aliphatic heterocycles. The quantitative estimate of drug-likeness (QED) is 0.749. The number of thiazole rings is 2. The van der Waals surface area contributed by atoms with Crippen LogP contribution in [0.4, 0.5) is 5.13 Å². The molecule has 0 spiro atoms. The van der Waals surface area contributed by atoms with Crippen LogP contribution < -0.4 is 11.1 Å². The number of amides is 1. The van der Waals surface area contributed by atoms with Crippen molar-refractivity contribution in [1.29, 1.82) is 0 Å². The Hall–Kier alpha value is -1.55. The second-order valence-electron chi connectivity index (χ2n) is 6.00. The van der Waals surface area contributed by atoms with E-state index in [1.807, 2.05) is 12.3 Å². The van der Waals surface area contributed by atoms with Crippen molar-refractivity contribution in [2.24, 2.45) is 0 Å². The minimum Gasteiger partial charge on any atom is -0.390 e. The Labute approximate surface area is 148 Å². The number of aliphatic hydroxyl groups is 1. The molecule has 1 fully saturated rings. The van der Waals surface area contributed by atoms with Crippen molar-refractivity contribution in [3.8, 4) is 0 Å². The zero-order valence-corrected chi connectivity index (χ0v) is 15.3. The van der Waals surface area contributed by atoms with Gasteiger partial charge < -0.3 is 16.2 Å². The van der Waals surface area contributed by atoms with Crippen molar-refractivity contribution < 1.29 is 9.90 Å². The van der Waals surface area contributed by atoms with Crippen LogP contribution in [-0.2, 0) is 6.54 Å². The number of piperidine rings is 1. The number of nitrogens with zero attached hydrogens (tertiary/aromatic N) is 3. The number of carbonyl (C=O) groups is 1. The molecule has 130 valence electrons. The van der Waals surface area contributed by atoms with Gasteiger partial charge in [0.15, 0.2) is 5.13 Å². The lowest BCUT2D eigenvalue weighted by Gasteiger charge is -2.35. The summed E-state index contributed by atoms with van der Waals surface area (Å²) in [6.45, 7) is 5.80. The smallest absolute Gasteiger partial charge is 0.263 e. The van der Waals surface area contributed by atoms with Gasteiger partial charge in [0.25, 0.3) is 5.91 Å². The van der Waals surface area contributed by atoms with Crippen molar-refractivity contribution in [2.75, 3.05) is 18.8 Å². The lowest BCUT2D eigenvalue weighted by atomic mass is 10.0. The summed E-state index contributed by atoms with van der Waals surface area (Å²) in [6, 6.07) is -0.256. The lowest BCUT2D eigenvalue weighted by molar-refractivity contribution is 0.0346. The Morgan fingerprint density at radius 2 is 2.29 bits per heavy atom. The van der Waals surface area contributed by atoms with Gasteiger partial charge in [-0.05, 0) is 20.3 Å². The van der Waals surface area contributed by atoms with Crippen molar-refractivity contribution >= 4 is 33.7 Å². The van der Waals surface area contributed by atoms with Crippen LogP contribution in [0, 0.1) is 13.8 Å². The van der Waals surface area contributed by atoms with E-state index in [0.717, 1.165) is 23.8 Å². The fraction of sp³-hybridized carbons (Fsp3) is 0.533. The van der Waals surface area contributed by atoms with Gasteiger partial charge in [0, 0.05) is 25.0 Å². The van der Waals surface area contributed by atoms with Crippen LogP contribution in [-0.4, -0.2) is 51.1 Å². The molecule has 2 aromatic rings. The van der Waals surface area contributed by atoms with Crippen LogP contribution >= 0.6 is 22.7 Å². The van der Waals surface area contributed by atoms with Gasteiger partial charge in [0.05, 0.1) is 28.5 Å². The highest BCUT2D eigenvalue weighted by Gasteiger charge is 2.30. The molecule has 0 radical (unpaired) electrons. The van der Waals surface area contributed by atoms with Crippen molar-refractivity contribution in [3.63, 3.8) is 0 Å². The maximum Gasteiger partial charge on any atom is 0.263 e. The molecule has 1 amide bonds. The van der Waals surface area contributed by atoms with E-state index in [-0.39, 0.29) is 11.9 Å². The first-order valence-electron chi connectivity index (χ1n) is 7.77. The number of aliphatic hydroxyl groups excluding tert-OH is 1. The van der Waals surface area contributed by atoms with E-state index in [0.29, 0.717) is 28.7 Å². The van der Waals surface area contributed by atoms with Gasteiger partial charge in [0.2, 0.25) is 0 Å². The van der Waals surface area contributed by atoms with E-state index in [1.54, 1.807) is 18.3 Å². The highest BCUT2D eigenvalue weighted by molar-refractivity contribution is 7.17. The second-order valence-corrected chi connectivity index (χ2v) is 8.09. The Morgan fingerprint density at radius 3 is 2.88 bits per heavy atom. The fourth-order valence-electron chi connectivity index (χ4n) is 2.88. The summed E-state index contributed by atoms with van der Waals surface area (Å²) in [5, 5.41) is 16.8. The van der Waals surface area contributed by atoms with Gasteiger partial charge in [-0.2, -0.15) is 0 Å². The average molecular weight is 368 g/mol. The Balaban J connectivity index is 1.55. The molecule has 0 saturated carbocycles. The maximum absolute atomic E-state index is 12.3. The highest BCUT2D eigenvalue weighted by Crippen LogP contribution is 2.21. The standard InChI is InChI=1S/C15H21N5O2S2/c1-8-13(24-15(16)17-8)14(22)19-11-3-4-20(6-12(11)21)5-10-7-23-9(2)18-10/h7,11-12,21H,3-6H2,1-2H3,(H2,16,17)(H,19,22)/t11-,12-/m1/s1. The predicted octanol–water partition coefficient (Wildman–Crippen LogP) is 1.16. The molecule has 3 heterocycles. The molecule has 7 nitrogen and oxygen atoms in total. The molecule has 9 heteroatoms. The predicted molar refractivity (Wildman–Crippen MR) is 95.3 cm³/mol. The molecular weight excluding hydrogens is 346 g/mol. The Bertz CT molecular complexity index is 729. The molecule has 0 unspecified atom stereocenters. The van der Waals surface area contributed by atoms with E-state index in [2.05, 4.69) is 20.2 Å².